The maximum absolute atomic E-state index is 15.9. The van der Waals surface area contributed by atoms with E-state index in [4.69, 9.17) is 40.3 Å². The number of hydrogen-bond donors (Lipinski definition) is 0. The molecule has 4 heterocycles. The highest BCUT2D eigenvalue weighted by atomic mass is 35.5. The molecule has 2 amide bonds. The van der Waals surface area contributed by atoms with Crippen LogP contribution in [-0.2, 0) is 14.2 Å². The first-order valence-corrected chi connectivity index (χ1v) is 17.5. The van der Waals surface area contributed by atoms with Crippen LogP contribution in [0.15, 0.2) is 18.2 Å². The van der Waals surface area contributed by atoms with E-state index < -0.39 is 35.3 Å². The van der Waals surface area contributed by atoms with E-state index in [0.29, 0.717) is 32.8 Å². The molecule has 13 nitrogen and oxygen atoms in total. The molecule has 1 aromatic carbocycles. The van der Waals surface area contributed by atoms with E-state index in [9.17, 15) is 14.4 Å². The fraction of sp³-hybridized carbons (Fsp3) is 0.611. The average Bonchev–Trinajstić information content (AvgIpc) is 3.15. The number of nitrogens with zero attached hydrogens (tertiary/aromatic N) is 5. The van der Waals surface area contributed by atoms with Crippen LogP contribution in [-0.4, -0.2) is 127 Å². The Morgan fingerprint density at radius 3 is 2.39 bits per heavy atom. The van der Waals surface area contributed by atoms with Gasteiger partial charge in [0.1, 0.15) is 51.5 Å². The molecule has 2 saturated heterocycles. The maximum Gasteiger partial charge on any atom is 0.514 e. The number of halogens is 2. The lowest BCUT2D eigenvalue weighted by Crippen LogP contribution is -2.60. The Kier molecular flexibility index (Phi) is 11.0. The van der Waals surface area contributed by atoms with E-state index in [1.54, 1.807) is 58.5 Å². The summed E-state index contributed by atoms with van der Waals surface area (Å²) in [6.07, 6.45) is -1.52. The number of methoxy groups -OCH3 is 1. The van der Waals surface area contributed by atoms with Gasteiger partial charge in [0.2, 0.25) is 0 Å². The molecular weight excluding hydrogens is 685 g/mol. The van der Waals surface area contributed by atoms with Crippen LogP contribution in [0.25, 0.3) is 11.3 Å². The number of aromatic nitrogens is 1. The molecule has 5 rings (SSSR count). The minimum atomic E-state index is -1.03. The molecule has 0 saturated carbocycles. The Morgan fingerprint density at radius 2 is 1.75 bits per heavy atom. The summed E-state index contributed by atoms with van der Waals surface area (Å²) in [6, 6.07) is 3.49. The predicted octanol–water partition coefficient (Wildman–Crippen LogP) is 5.86. The average molecular weight is 734 g/mol. The SMILES string of the molecule is COCCN1CCN(c2nc(-c3c(F)cccc3OC(=O)OC(C)(C)C)c(Cl)c3c2C(=O)N2CCN(C(=O)OC(C)(C)C)C[C@@H]2CO3)CC1(C)C. The molecule has 0 radical (unpaired) electrons. The third kappa shape index (κ3) is 8.61. The number of piperazine rings is 2. The molecule has 3 aliphatic heterocycles. The van der Waals surface area contributed by atoms with E-state index in [1.807, 2.05) is 4.90 Å². The van der Waals surface area contributed by atoms with Gasteiger partial charge in [0.15, 0.2) is 5.75 Å². The van der Waals surface area contributed by atoms with E-state index in [0.717, 1.165) is 0 Å². The number of fused-ring (bicyclic) bond motifs is 2. The third-order valence-electron chi connectivity index (χ3n) is 8.84. The molecule has 0 aliphatic carbocycles. The first kappa shape index (κ1) is 38.4. The molecule has 1 aromatic heterocycles. The smallest absolute Gasteiger partial charge is 0.489 e. The summed E-state index contributed by atoms with van der Waals surface area (Å²) in [5.41, 5.74) is -2.04. The van der Waals surface area contributed by atoms with Crippen LogP contribution in [0.4, 0.5) is 19.8 Å². The summed E-state index contributed by atoms with van der Waals surface area (Å²) in [7, 11) is 1.66. The summed E-state index contributed by atoms with van der Waals surface area (Å²) >= 11 is 7.06. The number of anilines is 1. The van der Waals surface area contributed by atoms with Gasteiger partial charge >= 0.3 is 12.2 Å². The molecule has 0 spiro atoms. The number of amides is 2. The second-order valence-corrected chi connectivity index (χ2v) is 16.0. The minimum Gasteiger partial charge on any atom is -0.489 e. The van der Waals surface area contributed by atoms with Crippen molar-refractivity contribution in [3.05, 3.63) is 34.6 Å². The first-order chi connectivity index (χ1) is 23.8. The normalized spacial score (nSPS) is 19.5. The van der Waals surface area contributed by atoms with Gasteiger partial charge in [-0.05, 0) is 67.5 Å². The number of rotatable bonds is 6. The second kappa shape index (κ2) is 14.6. The van der Waals surface area contributed by atoms with Crippen LogP contribution >= 0.6 is 11.6 Å². The summed E-state index contributed by atoms with van der Waals surface area (Å²) in [5, 5.41) is -0.122. The highest BCUT2D eigenvalue weighted by Crippen LogP contribution is 2.47. The number of pyridine rings is 1. The Bertz CT molecular complexity index is 1660. The van der Waals surface area contributed by atoms with Gasteiger partial charge in [-0.1, -0.05) is 17.7 Å². The molecule has 280 valence electrons. The van der Waals surface area contributed by atoms with Crippen molar-refractivity contribution in [1.29, 1.82) is 0 Å². The van der Waals surface area contributed by atoms with E-state index in [1.165, 1.54) is 18.2 Å². The molecular formula is C36H49ClFN5O8. The van der Waals surface area contributed by atoms with E-state index >= 15 is 4.39 Å². The summed E-state index contributed by atoms with van der Waals surface area (Å²) in [6.45, 7) is 18.1. The van der Waals surface area contributed by atoms with Crippen molar-refractivity contribution >= 4 is 35.6 Å². The fourth-order valence-corrected chi connectivity index (χ4v) is 6.79. The van der Waals surface area contributed by atoms with Gasteiger partial charge in [-0.2, -0.15) is 0 Å². The van der Waals surface area contributed by atoms with Gasteiger partial charge < -0.3 is 38.4 Å². The highest BCUT2D eigenvalue weighted by molar-refractivity contribution is 6.35. The lowest BCUT2D eigenvalue weighted by atomic mass is 9.97. The molecule has 15 heteroatoms. The Hall–Kier alpha value is -3.88. The van der Waals surface area contributed by atoms with E-state index in [-0.39, 0.29) is 76.8 Å². The monoisotopic (exact) mass is 733 g/mol. The first-order valence-electron chi connectivity index (χ1n) is 17.1. The quantitative estimate of drug-likeness (QED) is 0.262. The third-order valence-corrected chi connectivity index (χ3v) is 9.19. The van der Waals surface area contributed by atoms with Crippen LogP contribution in [0.2, 0.25) is 5.02 Å². The molecule has 1 atom stereocenters. The lowest BCUT2D eigenvalue weighted by Gasteiger charge is -2.48. The molecule has 3 aliphatic rings. The molecule has 0 bridgehead atoms. The zero-order valence-electron chi connectivity index (χ0n) is 30.9. The van der Waals surface area contributed by atoms with Crippen molar-refractivity contribution in [3.8, 4) is 22.8 Å². The van der Waals surface area contributed by atoms with Crippen molar-refractivity contribution in [2.24, 2.45) is 0 Å². The summed E-state index contributed by atoms with van der Waals surface area (Å²) < 4.78 is 44.1. The second-order valence-electron chi connectivity index (χ2n) is 15.6. The zero-order valence-corrected chi connectivity index (χ0v) is 31.7. The minimum absolute atomic E-state index is 0.00449. The van der Waals surface area contributed by atoms with Gasteiger partial charge in [0.25, 0.3) is 5.91 Å². The largest absolute Gasteiger partial charge is 0.514 e. The zero-order chi connectivity index (χ0) is 37.5. The summed E-state index contributed by atoms with van der Waals surface area (Å²) in [4.78, 5) is 52.8. The van der Waals surface area contributed by atoms with Crippen molar-refractivity contribution in [2.75, 3.05) is 71.0 Å². The van der Waals surface area contributed by atoms with Crippen molar-refractivity contribution in [1.82, 2.24) is 19.7 Å². The van der Waals surface area contributed by atoms with Crippen LogP contribution < -0.4 is 14.4 Å². The fourth-order valence-electron chi connectivity index (χ4n) is 6.50. The van der Waals surface area contributed by atoms with Gasteiger partial charge in [-0.3, -0.25) is 9.69 Å². The summed E-state index contributed by atoms with van der Waals surface area (Å²) in [5.74, 6) is -1.00. The van der Waals surface area contributed by atoms with Crippen molar-refractivity contribution in [2.45, 2.75) is 78.2 Å². The standard InChI is InChI=1S/C36H49ClFN5O8/c1-34(2,3)50-32(45)40-14-16-43-22(19-40)20-48-29-26(31(43)44)30(41-13-15-42(17-18-47-9)36(7,8)21-41)39-28(27(29)37)25-23(38)11-10-12-24(25)49-33(46)51-35(4,5)6/h10-12,22H,13-21H2,1-9H3/t22-/m1/s1. The lowest BCUT2D eigenvalue weighted by molar-refractivity contribution is 0.000932. The number of hydrogen-bond acceptors (Lipinski definition) is 11. The predicted molar refractivity (Wildman–Crippen MR) is 189 cm³/mol. The Morgan fingerprint density at radius 1 is 1.04 bits per heavy atom. The number of carbonyl (C=O) groups is 3. The highest BCUT2D eigenvalue weighted by Gasteiger charge is 2.43. The van der Waals surface area contributed by atoms with Crippen molar-refractivity contribution in [3.63, 3.8) is 0 Å². The van der Waals surface area contributed by atoms with Crippen LogP contribution in [0.5, 0.6) is 11.5 Å². The van der Waals surface area contributed by atoms with E-state index in [2.05, 4.69) is 18.7 Å². The maximum atomic E-state index is 15.9. The molecule has 51 heavy (non-hydrogen) atoms. The van der Waals surface area contributed by atoms with Gasteiger partial charge in [0.05, 0.1) is 18.2 Å². The van der Waals surface area contributed by atoms with Crippen LogP contribution in [0.1, 0.15) is 65.7 Å². The number of carbonyl (C=O) groups excluding carboxylic acids is 3. The van der Waals surface area contributed by atoms with Crippen molar-refractivity contribution < 1.29 is 42.5 Å². The Labute approximate surface area is 303 Å². The number of benzene rings is 1. The molecule has 0 unspecified atom stereocenters. The number of ether oxygens (including phenoxy) is 5. The van der Waals surface area contributed by atoms with Crippen LogP contribution in [0.3, 0.4) is 0 Å². The molecule has 2 fully saturated rings. The van der Waals surface area contributed by atoms with Gasteiger partial charge in [0, 0.05) is 58.5 Å². The topological polar surface area (TPSA) is 123 Å². The van der Waals surface area contributed by atoms with Gasteiger partial charge in [-0.15, -0.1) is 0 Å². The molecule has 0 N–H and O–H groups in total. The van der Waals surface area contributed by atoms with Crippen LogP contribution in [0, 0.1) is 5.82 Å². The molecule has 2 aromatic rings. The Balaban J connectivity index is 1.61. The van der Waals surface area contributed by atoms with Gasteiger partial charge in [-0.25, -0.2) is 19.0 Å².